The maximum absolute atomic E-state index is 11.4. The molecule has 1 amide bonds. The van der Waals surface area contributed by atoms with Crippen LogP contribution in [0.5, 0.6) is 5.75 Å². The van der Waals surface area contributed by atoms with Crippen molar-refractivity contribution in [3.63, 3.8) is 0 Å². The molecule has 0 aromatic heterocycles. The van der Waals surface area contributed by atoms with Gasteiger partial charge in [-0.15, -0.1) is 0 Å². The average molecular weight is 297 g/mol. The summed E-state index contributed by atoms with van der Waals surface area (Å²) in [5.74, 6) is 0.245. The third kappa shape index (κ3) is 6.19. The zero-order valence-corrected chi connectivity index (χ0v) is 12.0. The molecule has 0 spiro atoms. The molecule has 0 saturated heterocycles. The van der Waals surface area contributed by atoms with Gasteiger partial charge >= 0.3 is 0 Å². The van der Waals surface area contributed by atoms with Gasteiger partial charge in [0, 0.05) is 26.3 Å². The van der Waals surface area contributed by atoms with E-state index in [1.165, 1.54) is 19.2 Å². The Kier molecular flexibility index (Phi) is 7.13. The number of amides is 1. The van der Waals surface area contributed by atoms with Crippen molar-refractivity contribution in [2.45, 2.75) is 6.54 Å². The summed E-state index contributed by atoms with van der Waals surface area (Å²) < 4.78 is 9.83. The summed E-state index contributed by atoms with van der Waals surface area (Å²) in [6.45, 7) is 1.35. The summed E-state index contributed by atoms with van der Waals surface area (Å²) in [5, 5.41) is 16.4. The summed E-state index contributed by atoms with van der Waals surface area (Å²) >= 11 is 0. The summed E-state index contributed by atoms with van der Waals surface area (Å²) in [5.41, 5.74) is 0.626. The lowest BCUT2D eigenvalue weighted by Gasteiger charge is -2.08. The zero-order chi connectivity index (χ0) is 15.7. The van der Waals surface area contributed by atoms with E-state index in [1.54, 1.807) is 13.2 Å². The lowest BCUT2D eigenvalue weighted by atomic mass is 10.2. The maximum Gasteiger partial charge on any atom is 0.273 e. The quantitative estimate of drug-likeness (QED) is 0.390. The number of hydrogen-bond acceptors (Lipinski definition) is 6. The molecule has 0 aliphatic carbocycles. The largest absolute Gasteiger partial charge is 0.496 e. The van der Waals surface area contributed by atoms with Crippen molar-refractivity contribution in [1.29, 1.82) is 0 Å². The van der Waals surface area contributed by atoms with Gasteiger partial charge in [-0.2, -0.15) is 0 Å². The number of nitro benzene ring substituents is 1. The van der Waals surface area contributed by atoms with Crippen molar-refractivity contribution in [3.05, 3.63) is 33.9 Å². The maximum atomic E-state index is 11.4. The molecule has 1 aromatic rings. The molecule has 2 N–H and O–H groups in total. The van der Waals surface area contributed by atoms with Gasteiger partial charge in [0.25, 0.3) is 5.69 Å². The number of methoxy groups -OCH3 is 2. The van der Waals surface area contributed by atoms with Crippen LogP contribution in [-0.4, -0.2) is 44.7 Å². The molecule has 0 saturated carbocycles. The highest BCUT2D eigenvalue weighted by Crippen LogP contribution is 2.22. The molecule has 0 bridgehead atoms. The Morgan fingerprint density at radius 3 is 2.71 bits per heavy atom. The Hall–Kier alpha value is -2.19. The van der Waals surface area contributed by atoms with E-state index in [0.717, 1.165) is 0 Å². The van der Waals surface area contributed by atoms with Crippen LogP contribution in [0.3, 0.4) is 0 Å². The Labute approximate surface area is 122 Å². The number of nitrogens with one attached hydrogen (secondary N) is 2. The minimum absolute atomic E-state index is 0.0457. The number of non-ortho nitro benzene ring substituents is 1. The molecule has 116 valence electrons. The summed E-state index contributed by atoms with van der Waals surface area (Å²) in [6.07, 6.45) is 0. The van der Waals surface area contributed by atoms with Crippen LogP contribution in [0.1, 0.15) is 5.56 Å². The van der Waals surface area contributed by atoms with Gasteiger partial charge in [-0.25, -0.2) is 0 Å². The van der Waals surface area contributed by atoms with Gasteiger partial charge in [0.2, 0.25) is 5.91 Å². The Bertz CT molecular complexity index is 493. The summed E-state index contributed by atoms with van der Waals surface area (Å²) in [7, 11) is 3.00. The molecule has 0 aliphatic rings. The number of benzene rings is 1. The molecular formula is C13H19N3O5. The normalized spacial score (nSPS) is 10.2. The highest BCUT2D eigenvalue weighted by molar-refractivity contribution is 5.77. The van der Waals surface area contributed by atoms with Crippen LogP contribution in [0.4, 0.5) is 5.69 Å². The van der Waals surface area contributed by atoms with Crippen LogP contribution in [0.15, 0.2) is 18.2 Å². The van der Waals surface area contributed by atoms with Crippen LogP contribution in [0.2, 0.25) is 0 Å². The monoisotopic (exact) mass is 297 g/mol. The van der Waals surface area contributed by atoms with E-state index >= 15 is 0 Å². The van der Waals surface area contributed by atoms with E-state index in [1.807, 2.05) is 0 Å². The van der Waals surface area contributed by atoms with Crippen LogP contribution >= 0.6 is 0 Å². The molecule has 0 heterocycles. The second-order valence-electron chi connectivity index (χ2n) is 4.24. The molecule has 8 heteroatoms. The average Bonchev–Trinajstić information content (AvgIpc) is 2.47. The second-order valence-corrected chi connectivity index (χ2v) is 4.24. The first kappa shape index (κ1) is 16.9. The Morgan fingerprint density at radius 2 is 2.10 bits per heavy atom. The number of carbonyl (C=O) groups is 1. The molecule has 0 unspecified atom stereocenters. The van der Waals surface area contributed by atoms with Crippen molar-refractivity contribution >= 4 is 11.6 Å². The van der Waals surface area contributed by atoms with E-state index in [-0.39, 0.29) is 18.1 Å². The number of hydrogen-bond donors (Lipinski definition) is 2. The van der Waals surface area contributed by atoms with Crippen molar-refractivity contribution in [1.82, 2.24) is 10.6 Å². The first-order chi connectivity index (χ1) is 10.1. The molecule has 0 radical (unpaired) electrons. The van der Waals surface area contributed by atoms with Gasteiger partial charge in [-0.3, -0.25) is 14.9 Å². The molecule has 1 rings (SSSR count). The molecule has 21 heavy (non-hydrogen) atoms. The Morgan fingerprint density at radius 1 is 1.33 bits per heavy atom. The molecule has 0 atom stereocenters. The van der Waals surface area contributed by atoms with Crippen LogP contribution < -0.4 is 15.4 Å². The fourth-order valence-corrected chi connectivity index (χ4v) is 1.64. The first-order valence-corrected chi connectivity index (χ1v) is 6.35. The fraction of sp³-hybridized carbons (Fsp3) is 0.462. The van der Waals surface area contributed by atoms with Crippen molar-refractivity contribution < 1.29 is 19.2 Å². The summed E-state index contributed by atoms with van der Waals surface area (Å²) in [4.78, 5) is 21.8. The van der Waals surface area contributed by atoms with E-state index in [0.29, 0.717) is 31.0 Å². The number of rotatable bonds is 9. The molecule has 0 aliphatic heterocycles. The van der Waals surface area contributed by atoms with Crippen molar-refractivity contribution in [2.24, 2.45) is 0 Å². The van der Waals surface area contributed by atoms with Crippen LogP contribution in [-0.2, 0) is 16.1 Å². The third-order valence-corrected chi connectivity index (χ3v) is 2.64. The van der Waals surface area contributed by atoms with Crippen molar-refractivity contribution in [3.8, 4) is 5.75 Å². The fourth-order valence-electron chi connectivity index (χ4n) is 1.64. The highest BCUT2D eigenvalue weighted by atomic mass is 16.6. The number of carbonyl (C=O) groups excluding carboxylic acids is 1. The van der Waals surface area contributed by atoms with Gasteiger partial charge < -0.3 is 20.1 Å². The smallest absolute Gasteiger partial charge is 0.273 e. The lowest BCUT2D eigenvalue weighted by molar-refractivity contribution is -0.385. The summed E-state index contributed by atoms with van der Waals surface area (Å²) in [6, 6.07) is 4.47. The zero-order valence-electron chi connectivity index (χ0n) is 12.0. The van der Waals surface area contributed by atoms with Gasteiger partial charge in [-0.1, -0.05) is 0 Å². The van der Waals surface area contributed by atoms with E-state index in [9.17, 15) is 14.9 Å². The number of nitrogens with zero attached hydrogens (tertiary/aromatic N) is 1. The Balaban J connectivity index is 2.49. The minimum Gasteiger partial charge on any atom is -0.496 e. The minimum atomic E-state index is -0.483. The number of nitro groups is 1. The molecule has 1 aromatic carbocycles. The van der Waals surface area contributed by atoms with Crippen LogP contribution in [0, 0.1) is 10.1 Å². The second kappa shape index (κ2) is 8.88. The molecule has 8 nitrogen and oxygen atoms in total. The predicted octanol–water partition coefficient (Wildman–Crippen LogP) is 0.456. The number of ether oxygens (including phenoxy) is 2. The van der Waals surface area contributed by atoms with Gasteiger partial charge in [0.05, 0.1) is 31.3 Å². The van der Waals surface area contributed by atoms with Gasteiger partial charge in [0.15, 0.2) is 0 Å². The van der Waals surface area contributed by atoms with E-state index in [2.05, 4.69) is 10.6 Å². The van der Waals surface area contributed by atoms with Crippen molar-refractivity contribution in [2.75, 3.05) is 33.9 Å². The predicted molar refractivity (Wildman–Crippen MR) is 76.2 cm³/mol. The SMILES string of the molecule is COCCNC(=O)CNCc1cc(OC)cc([N+](=O)[O-])c1. The third-order valence-electron chi connectivity index (χ3n) is 2.64. The standard InChI is InChI=1S/C13H19N3O5/c1-20-4-3-15-13(17)9-14-8-10-5-11(16(18)19)7-12(6-10)21-2/h5-7,14H,3-4,8-9H2,1-2H3,(H,15,17). The first-order valence-electron chi connectivity index (χ1n) is 6.35. The van der Waals surface area contributed by atoms with Gasteiger partial charge in [-0.05, 0) is 11.6 Å². The van der Waals surface area contributed by atoms with Gasteiger partial charge in [0.1, 0.15) is 5.75 Å². The van der Waals surface area contributed by atoms with E-state index < -0.39 is 4.92 Å². The highest BCUT2D eigenvalue weighted by Gasteiger charge is 2.10. The molecule has 0 fully saturated rings. The van der Waals surface area contributed by atoms with E-state index in [4.69, 9.17) is 9.47 Å². The van der Waals surface area contributed by atoms with Crippen LogP contribution in [0.25, 0.3) is 0 Å². The topological polar surface area (TPSA) is 103 Å². The lowest BCUT2D eigenvalue weighted by Crippen LogP contribution is -2.35. The molecular weight excluding hydrogens is 278 g/mol.